The molecule has 0 bridgehead atoms. The second-order valence-corrected chi connectivity index (χ2v) is 8.43. The summed E-state index contributed by atoms with van der Waals surface area (Å²) in [5, 5.41) is 11.1. The number of hydrogen-bond acceptors (Lipinski definition) is 4. The fraction of sp³-hybridized carbons (Fsp3) is 0.185. The number of nitro benzene ring substituents is 1. The summed E-state index contributed by atoms with van der Waals surface area (Å²) in [6.45, 7) is 1.23. The minimum Gasteiger partial charge on any atom is -0.336 e. The van der Waals surface area contributed by atoms with Crippen LogP contribution >= 0.6 is 0 Å². The topological polar surface area (TPSA) is 84.9 Å². The number of aromatic nitrogens is 1. The number of piperidine rings is 1. The monoisotopic (exact) mass is 453 g/mol. The standard InChI is InChI=1S/C27H23N3O4/c31-26(27(32)28-15-5-1-6-16-28)25-18-23(24-10-4-7-17-29(24)25)22-9-3-2-8-21(22)19-11-13-20(14-12-19)30(33)34/h2-4,7-14,17-18H,1,5-6,15-16H2. The zero-order chi connectivity index (χ0) is 23.7. The van der Waals surface area contributed by atoms with Crippen LogP contribution in [0.25, 0.3) is 27.8 Å². The molecule has 1 aliphatic rings. The van der Waals surface area contributed by atoms with E-state index in [0.717, 1.165) is 47.0 Å². The highest BCUT2D eigenvalue weighted by Crippen LogP contribution is 2.36. The van der Waals surface area contributed by atoms with Crippen LogP contribution in [0.15, 0.2) is 79.0 Å². The molecule has 0 saturated carbocycles. The van der Waals surface area contributed by atoms with Crippen LogP contribution in [0.4, 0.5) is 5.69 Å². The molecule has 1 saturated heterocycles. The molecule has 0 spiro atoms. The third-order valence-electron chi connectivity index (χ3n) is 6.35. The number of carbonyl (C=O) groups excluding carboxylic acids is 2. The van der Waals surface area contributed by atoms with Crippen molar-refractivity contribution in [3.05, 3.63) is 94.8 Å². The Morgan fingerprint density at radius 3 is 2.18 bits per heavy atom. The highest BCUT2D eigenvalue weighted by molar-refractivity contribution is 6.42. The van der Waals surface area contributed by atoms with Gasteiger partial charge in [-0.25, -0.2) is 0 Å². The summed E-state index contributed by atoms with van der Waals surface area (Å²) < 4.78 is 1.77. The first kappa shape index (κ1) is 21.6. The molecule has 1 amide bonds. The molecule has 2 aromatic heterocycles. The molecule has 0 N–H and O–H groups in total. The second kappa shape index (κ2) is 8.94. The summed E-state index contributed by atoms with van der Waals surface area (Å²) in [5.41, 5.74) is 4.59. The number of carbonyl (C=O) groups is 2. The molecule has 34 heavy (non-hydrogen) atoms. The lowest BCUT2D eigenvalue weighted by molar-refractivity contribution is -0.384. The normalized spacial score (nSPS) is 13.7. The van der Waals surface area contributed by atoms with Crippen LogP contribution in [0.3, 0.4) is 0 Å². The summed E-state index contributed by atoms with van der Waals surface area (Å²) in [6.07, 6.45) is 4.71. The van der Waals surface area contributed by atoms with Gasteiger partial charge in [0, 0.05) is 37.0 Å². The number of amides is 1. The van der Waals surface area contributed by atoms with Gasteiger partial charge in [-0.15, -0.1) is 0 Å². The van der Waals surface area contributed by atoms with Crippen molar-refractivity contribution in [2.24, 2.45) is 0 Å². The number of fused-ring (bicyclic) bond motifs is 1. The van der Waals surface area contributed by atoms with E-state index >= 15 is 0 Å². The summed E-state index contributed by atoms with van der Waals surface area (Å²) in [6, 6.07) is 21.6. The molecule has 0 aliphatic carbocycles. The Morgan fingerprint density at radius 1 is 0.794 bits per heavy atom. The van der Waals surface area contributed by atoms with Crippen molar-refractivity contribution >= 4 is 22.9 Å². The minimum absolute atomic E-state index is 0.0275. The van der Waals surface area contributed by atoms with E-state index < -0.39 is 16.6 Å². The van der Waals surface area contributed by atoms with Gasteiger partial charge in [-0.05, 0) is 66.3 Å². The Morgan fingerprint density at radius 2 is 1.47 bits per heavy atom. The average molecular weight is 453 g/mol. The predicted molar refractivity (Wildman–Crippen MR) is 130 cm³/mol. The second-order valence-electron chi connectivity index (χ2n) is 8.43. The van der Waals surface area contributed by atoms with E-state index in [1.807, 2.05) is 42.5 Å². The smallest absolute Gasteiger partial charge is 0.296 e. The molecule has 0 atom stereocenters. The van der Waals surface area contributed by atoms with E-state index in [2.05, 4.69) is 0 Å². The zero-order valence-electron chi connectivity index (χ0n) is 18.5. The highest BCUT2D eigenvalue weighted by Gasteiger charge is 2.28. The molecule has 1 aliphatic heterocycles. The highest BCUT2D eigenvalue weighted by atomic mass is 16.6. The number of likely N-dealkylation sites (tertiary alicyclic amines) is 1. The fourth-order valence-electron chi connectivity index (χ4n) is 4.63. The van der Waals surface area contributed by atoms with Crippen LogP contribution in [-0.2, 0) is 4.79 Å². The lowest BCUT2D eigenvalue weighted by Gasteiger charge is -2.25. The first-order chi connectivity index (χ1) is 16.5. The van der Waals surface area contributed by atoms with Gasteiger partial charge in [0.05, 0.1) is 16.1 Å². The number of nitrogens with zero attached hydrogens (tertiary/aromatic N) is 3. The van der Waals surface area contributed by atoms with Gasteiger partial charge in [-0.2, -0.15) is 0 Å². The predicted octanol–water partition coefficient (Wildman–Crippen LogP) is 5.38. The van der Waals surface area contributed by atoms with Gasteiger partial charge >= 0.3 is 0 Å². The molecule has 1 fully saturated rings. The SMILES string of the molecule is O=C(C(=O)N1CCCCC1)c1cc(-c2ccccc2-c2ccc([N+](=O)[O-])cc2)c2ccccn12. The molecule has 0 unspecified atom stereocenters. The number of non-ortho nitro benzene ring substituents is 1. The molecule has 170 valence electrons. The summed E-state index contributed by atoms with van der Waals surface area (Å²) >= 11 is 0. The van der Waals surface area contributed by atoms with Crippen LogP contribution in [0.5, 0.6) is 0 Å². The van der Waals surface area contributed by atoms with Gasteiger partial charge in [0.1, 0.15) is 0 Å². The molecule has 7 nitrogen and oxygen atoms in total. The van der Waals surface area contributed by atoms with Crippen molar-refractivity contribution < 1.29 is 14.5 Å². The molecule has 7 heteroatoms. The number of hydrogen-bond donors (Lipinski definition) is 0. The molecular formula is C27H23N3O4. The van der Waals surface area contributed by atoms with Crippen LogP contribution in [0, 0.1) is 10.1 Å². The van der Waals surface area contributed by atoms with E-state index in [-0.39, 0.29) is 5.69 Å². The van der Waals surface area contributed by atoms with Crippen molar-refractivity contribution in [1.82, 2.24) is 9.30 Å². The fourth-order valence-corrected chi connectivity index (χ4v) is 4.63. The first-order valence-electron chi connectivity index (χ1n) is 11.3. The summed E-state index contributed by atoms with van der Waals surface area (Å²) in [5.74, 6) is -0.972. The van der Waals surface area contributed by atoms with Gasteiger partial charge < -0.3 is 9.30 Å². The number of Topliss-reactive ketones (excluding diaryl/α,β-unsaturated/α-hetero) is 1. The maximum absolute atomic E-state index is 13.3. The summed E-state index contributed by atoms with van der Waals surface area (Å²) in [7, 11) is 0. The van der Waals surface area contributed by atoms with Crippen LogP contribution in [0.2, 0.25) is 0 Å². The van der Waals surface area contributed by atoms with Crippen molar-refractivity contribution in [2.75, 3.05) is 13.1 Å². The lowest BCUT2D eigenvalue weighted by atomic mass is 9.94. The Bertz CT molecular complexity index is 1400. The van der Waals surface area contributed by atoms with E-state index in [9.17, 15) is 19.7 Å². The van der Waals surface area contributed by atoms with Crippen LogP contribution < -0.4 is 0 Å². The number of benzene rings is 2. The first-order valence-corrected chi connectivity index (χ1v) is 11.3. The van der Waals surface area contributed by atoms with Crippen molar-refractivity contribution in [3.8, 4) is 22.3 Å². The number of ketones is 1. The quantitative estimate of drug-likeness (QED) is 0.176. The average Bonchev–Trinajstić information content (AvgIpc) is 3.28. The maximum Gasteiger partial charge on any atom is 0.296 e. The molecular weight excluding hydrogens is 430 g/mol. The van der Waals surface area contributed by atoms with E-state index in [0.29, 0.717) is 18.8 Å². The van der Waals surface area contributed by atoms with Crippen molar-refractivity contribution in [1.29, 1.82) is 0 Å². The molecule has 0 radical (unpaired) electrons. The Kier molecular flexibility index (Phi) is 5.67. The van der Waals surface area contributed by atoms with Gasteiger partial charge in [-0.3, -0.25) is 19.7 Å². The van der Waals surface area contributed by atoms with E-state index in [4.69, 9.17) is 0 Å². The molecule has 4 aromatic rings. The lowest BCUT2D eigenvalue weighted by Crippen LogP contribution is -2.40. The van der Waals surface area contributed by atoms with Crippen LogP contribution in [-0.4, -0.2) is 39.0 Å². The third kappa shape index (κ3) is 3.85. The van der Waals surface area contributed by atoms with Crippen LogP contribution in [0.1, 0.15) is 29.8 Å². The van der Waals surface area contributed by atoms with E-state index in [1.165, 1.54) is 12.1 Å². The van der Waals surface area contributed by atoms with Gasteiger partial charge in [0.2, 0.25) is 0 Å². The summed E-state index contributed by atoms with van der Waals surface area (Å²) in [4.78, 5) is 38.5. The van der Waals surface area contributed by atoms with Crippen molar-refractivity contribution in [2.45, 2.75) is 19.3 Å². The number of pyridine rings is 1. The Labute approximate surface area is 196 Å². The Hall–Kier alpha value is -4.26. The minimum atomic E-state index is -0.512. The third-order valence-corrected chi connectivity index (χ3v) is 6.35. The largest absolute Gasteiger partial charge is 0.336 e. The number of rotatable bonds is 5. The van der Waals surface area contributed by atoms with Gasteiger partial charge in [0.15, 0.2) is 0 Å². The maximum atomic E-state index is 13.3. The zero-order valence-corrected chi connectivity index (χ0v) is 18.5. The van der Waals surface area contributed by atoms with Gasteiger partial charge in [0.25, 0.3) is 17.4 Å². The van der Waals surface area contributed by atoms with Gasteiger partial charge in [-0.1, -0.05) is 30.3 Å². The Balaban J connectivity index is 1.60. The van der Waals surface area contributed by atoms with E-state index in [1.54, 1.807) is 33.7 Å². The molecule has 5 rings (SSSR count). The molecule has 3 heterocycles. The number of nitro groups is 1. The van der Waals surface area contributed by atoms with Crippen molar-refractivity contribution in [3.63, 3.8) is 0 Å². The molecule has 2 aromatic carbocycles.